The number of aromatic nitrogens is 4. The number of halogens is 2. The van der Waals surface area contributed by atoms with Crippen molar-refractivity contribution < 1.29 is 4.79 Å². The topological polar surface area (TPSA) is 64.7 Å². The molecule has 2 aromatic rings. The highest BCUT2D eigenvalue weighted by atomic mass is 79.9. The molecule has 1 atom stereocenters. The highest BCUT2D eigenvalue weighted by molar-refractivity contribution is 9.10. The van der Waals surface area contributed by atoms with Crippen molar-refractivity contribution >= 4 is 33.4 Å². The van der Waals surface area contributed by atoms with E-state index in [1.807, 2.05) is 20.8 Å². The van der Waals surface area contributed by atoms with E-state index in [-0.39, 0.29) is 11.9 Å². The molecule has 6 nitrogen and oxygen atoms in total. The van der Waals surface area contributed by atoms with Crippen LogP contribution < -0.4 is 5.32 Å². The molecule has 114 valence electrons. The second-order valence-electron chi connectivity index (χ2n) is 4.82. The van der Waals surface area contributed by atoms with E-state index in [0.717, 1.165) is 15.9 Å². The average molecular weight is 375 g/mol. The van der Waals surface area contributed by atoms with Gasteiger partial charge in [0.25, 0.3) is 0 Å². The molecule has 2 heterocycles. The van der Waals surface area contributed by atoms with Crippen LogP contribution in [0.1, 0.15) is 24.4 Å². The number of nitrogens with zero attached hydrogens (tertiary/aromatic N) is 4. The average Bonchev–Trinajstić information content (AvgIpc) is 2.97. The Hall–Kier alpha value is -1.34. The van der Waals surface area contributed by atoms with Crippen molar-refractivity contribution in [3.63, 3.8) is 0 Å². The van der Waals surface area contributed by atoms with Crippen LogP contribution in [0.3, 0.4) is 0 Å². The summed E-state index contributed by atoms with van der Waals surface area (Å²) < 4.78 is 4.35. The zero-order valence-corrected chi connectivity index (χ0v) is 14.4. The fourth-order valence-electron chi connectivity index (χ4n) is 2.03. The molecule has 1 amide bonds. The SMILES string of the molecule is Cc1nn(C(C)C(=O)NCCn2cc(Cl)cn2)c(C)c1Br. The van der Waals surface area contributed by atoms with Crippen LogP contribution in [0.15, 0.2) is 16.9 Å². The number of rotatable bonds is 5. The van der Waals surface area contributed by atoms with Crippen LogP contribution in [0.2, 0.25) is 5.02 Å². The first-order valence-electron chi connectivity index (χ1n) is 6.57. The van der Waals surface area contributed by atoms with Gasteiger partial charge in [0.2, 0.25) is 5.91 Å². The van der Waals surface area contributed by atoms with E-state index in [1.165, 1.54) is 0 Å². The fraction of sp³-hybridized carbons (Fsp3) is 0.462. The first-order valence-corrected chi connectivity index (χ1v) is 7.74. The molecule has 1 unspecified atom stereocenters. The fourth-order valence-corrected chi connectivity index (χ4v) is 2.45. The second kappa shape index (κ2) is 6.62. The van der Waals surface area contributed by atoms with Crippen LogP contribution in [0, 0.1) is 13.8 Å². The molecule has 0 spiro atoms. The van der Waals surface area contributed by atoms with Gasteiger partial charge in [0, 0.05) is 12.7 Å². The smallest absolute Gasteiger partial charge is 0.244 e. The van der Waals surface area contributed by atoms with Gasteiger partial charge in [-0.3, -0.25) is 14.2 Å². The van der Waals surface area contributed by atoms with E-state index >= 15 is 0 Å². The minimum atomic E-state index is -0.365. The molecule has 0 aliphatic carbocycles. The van der Waals surface area contributed by atoms with Gasteiger partial charge in [-0.2, -0.15) is 10.2 Å². The van der Waals surface area contributed by atoms with Gasteiger partial charge in [-0.25, -0.2) is 0 Å². The van der Waals surface area contributed by atoms with Gasteiger partial charge in [-0.1, -0.05) is 11.6 Å². The van der Waals surface area contributed by atoms with Gasteiger partial charge < -0.3 is 5.32 Å². The Bertz CT molecular complexity index is 651. The third kappa shape index (κ3) is 3.65. The highest BCUT2D eigenvalue weighted by Gasteiger charge is 2.19. The Labute approximate surface area is 136 Å². The van der Waals surface area contributed by atoms with Gasteiger partial charge in [0.05, 0.1) is 33.6 Å². The molecule has 2 aromatic heterocycles. The van der Waals surface area contributed by atoms with Crippen molar-refractivity contribution in [2.45, 2.75) is 33.4 Å². The Morgan fingerprint density at radius 1 is 1.52 bits per heavy atom. The Morgan fingerprint density at radius 3 is 2.76 bits per heavy atom. The number of nitrogens with one attached hydrogen (secondary N) is 1. The summed E-state index contributed by atoms with van der Waals surface area (Å²) in [6.07, 6.45) is 3.29. The van der Waals surface area contributed by atoms with Crippen LogP contribution in [-0.2, 0) is 11.3 Å². The zero-order chi connectivity index (χ0) is 15.6. The Morgan fingerprint density at radius 2 is 2.24 bits per heavy atom. The lowest BCUT2D eigenvalue weighted by atomic mass is 10.3. The van der Waals surface area contributed by atoms with Crippen LogP contribution in [0.4, 0.5) is 0 Å². The van der Waals surface area contributed by atoms with Crippen molar-refractivity contribution in [2.75, 3.05) is 6.54 Å². The van der Waals surface area contributed by atoms with E-state index in [2.05, 4.69) is 31.4 Å². The minimum absolute atomic E-state index is 0.0775. The second-order valence-corrected chi connectivity index (χ2v) is 6.05. The van der Waals surface area contributed by atoms with Crippen LogP contribution in [0.5, 0.6) is 0 Å². The van der Waals surface area contributed by atoms with Crippen molar-refractivity contribution in [1.82, 2.24) is 24.9 Å². The van der Waals surface area contributed by atoms with E-state index in [9.17, 15) is 4.79 Å². The first-order chi connectivity index (χ1) is 9.90. The molecule has 0 saturated heterocycles. The molecule has 0 radical (unpaired) electrons. The van der Waals surface area contributed by atoms with Gasteiger partial charge in [0.1, 0.15) is 6.04 Å². The maximum absolute atomic E-state index is 12.2. The molecule has 2 rings (SSSR count). The van der Waals surface area contributed by atoms with Gasteiger partial charge >= 0.3 is 0 Å². The van der Waals surface area contributed by atoms with E-state index in [4.69, 9.17) is 11.6 Å². The van der Waals surface area contributed by atoms with Crippen LogP contribution >= 0.6 is 27.5 Å². The van der Waals surface area contributed by atoms with E-state index in [1.54, 1.807) is 21.8 Å². The number of carbonyl (C=O) groups is 1. The number of amides is 1. The maximum atomic E-state index is 12.2. The molecule has 0 aliphatic heterocycles. The number of hydrogen-bond donors (Lipinski definition) is 1. The molecule has 0 aliphatic rings. The third-order valence-corrected chi connectivity index (χ3v) is 4.57. The monoisotopic (exact) mass is 373 g/mol. The lowest BCUT2D eigenvalue weighted by Gasteiger charge is -2.14. The molecule has 0 saturated carbocycles. The Kier molecular flexibility index (Phi) is 5.05. The summed E-state index contributed by atoms with van der Waals surface area (Å²) in [6.45, 7) is 6.72. The predicted octanol–water partition coefficient (Wildman–Crippen LogP) is 2.49. The summed E-state index contributed by atoms with van der Waals surface area (Å²) in [5.41, 5.74) is 1.81. The largest absolute Gasteiger partial charge is 0.352 e. The highest BCUT2D eigenvalue weighted by Crippen LogP contribution is 2.22. The number of aryl methyl sites for hydroxylation is 1. The maximum Gasteiger partial charge on any atom is 0.244 e. The minimum Gasteiger partial charge on any atom is -0.352 e. The molecule has 0 bridgehead atoms. The summed E-state index contributed by atoms with van der Waals surface area (Å²) >= 11 is 9.24. The first kappa shape index (κ1) is 16.0. The molecule has 8 heteroatoms. The Balaban J connectivity index is 1.92. The number of hydrogen-bond acceptors (Lipinski definition) is 3. The lowest BCUT2D eigenvalue weighted by Crippen LogP contribution is -2.34. The third-order valence-electron chi connectivity index (χ3n) is 3.22. The molecule has 21 heavy (non-hydrogen) atoms. The summed E-state index contributed by atoms with van der Waals surface area (Å²) in [5.74, 6) is -0.0775. The van der Waals surface area contributed by atoms with Crippen LogP contribution in [0.25, 0.3) is 0 Å². The van der Waals surface area contributed by atoms with E-state index < -0.39 is 0 Å². The quantitative estimate of drug-likeness (QED) is 0.874. The van der Waals surface area contributed by atoms with Gasteiger partial charge in [-0.15, -0.1) is 0 Å². The molecule has 1 N–H and O–H groups in total. The van der Waals surface area contributed by atoms with E-state index in [0.29, 0.717) is 18.1 Å². The zero-order valence-electron chi connectivity index (χ0n) is 12.1. The summed E-state index contributed by atoms with van der Waals surface area (Å²) in [7, 11) is 0. The molecule has 0 aromatic carbocycles. The van der Waals surface area contributed by atoms with Crippen molar-refractivity contribution in [3.05, 3.63) is 33.3 Å². The van der Waals surface area contributed by atoms with Gasteiger partial charge in [0.15, 0.2) is 0 Å². The standard InChI is InChI=1S/C13H17BrClN5O/c1-8-12(14)9(2)20(18-8)10(3)13(21)16-4-5-19-7-11(15)6-17-19/h6-7,10H,4-5H2,1-3H3,(H,16,21). The van der Waals surface area contributed by atoms with Gasteiger partial charge in [-0.05, 0) is 36.7 Å². The van der Waals surface area contributed by atoms with Crippen molar-refractivity contribution in [2.24, 2.45) is 0 Å². The molecule has 0 fully saturated rings. The summed E-state index contributed by atoms with van der Waals surface area (Å²) in [6, 6.07) is -0.365. The molecular weight excluding hydrogens is 358 g/mol. The summed E-state index contributed by atoms with van der Waals surface area (Å²) in [4.78, 5) is 12.2. The van der Waals surface area contributed by atoms with Crippen molar-refractivity contribution in [1.29, 1.82) is 0 Å². The van der Waals surface area contributed by atoms with Crippen LogP contribution in [-0.4, -0.2) is 32.0 Å². The molecular formula is C13H17BrClN5O. The lowest BCUT2D eigenvalue weighted by molar-refractivity contribution is -0.124. The normalized spacial score (nSPS) is 12.4. The number of carbonyl (C=O) groups excluding carboxylic acids is 1. The predicted molar refractivity (Wildman–Crippen MR) is 84.4 cm³/mol. The summed E-state index contributed by atoms with van der Waals surface area (Å²) in [5, 5.41) is 11.9. The van der Waals surface area contributed by atoms with Crippen molar-refractivity contribution in [3.8, 4) is 0 Å².